The minimum atomic E-state index is 0.167. The summed E-state index contributed by atoms with van der Waals surface area (Å²) in [5, 5.41) is 0. The van der Waals surface area contributed by atoms with Crippen LogP contribution in [0.4, 0.5) is 0 Å². The SMILES string of the molecule is Cc1ccc(S)cc1C(=O)N1CCN2CCCC2C1. The Balaban J connectivity index is 1.78. The molecule has 2 heterocycles. The molecule has 2 aliphatic heterocycles. The van der Waals surface area contributed by atoms with E-state index in [4.69, 9.17) is 0 Å². The van der Waals surface area contributed by atoms with Crippen LogP contribution in [0.25, 0.3) is 0 Å². The number of carbonyl (C=O) groups excluding carboxylic acids is 1. The first-order valence-electron chi connectivity index (χ1n) is 6.98. The Morgan fingerprint density at radius 1 is 1.32 bits per heavy atom. The van der Waals surface area contributed by atoms with Crippen molar-refractivity contribution >= 4 is 18.5 Å². The molecule has 3 nitrogen and oxygen atoms in total. The van der Waals surface area contributed by atoms with Gasteiger partial charge < -0.3 is 4.90 Å². The largest absolute Gasteiger partial charge is 0.336 e. The molecule has 0 aliphatic carbocycles. The van der Waals surface area contributed by atoms with E-state index in [1.54, 1.807) is 0 Å². The molecule has 0 bridgehead atoms. The van der Waals surface area contributed by atoms with Crippen molar-refractivity contribution in [3.63, 3.8) is 0 Å². The predicted molar refractivity (Wildman–Crippen MR) is 78.9 cm³/mol. The maximum absolute atomic E-state index is 12.6. The second-order valence-corrected chi connectivity index (χ2v) is 6.10. The number of aryl methyl sites for hydroxylation is 1. The number of benzene rings is 1. The number of piperazine rings is 1. The van der Waals surface area contributed by atoms with Crippen molar-refractivity contribution in [3.8, 4) is 0 Å². The van der Waals surface area contributed by atoms with Crippen LogP contribution in [0.15, 0.2) is 23.1 Å². The number of hydrogen-bond donors (Lipinski definition) is 1. The summed E-state index contributed by atoms with van der Waals surface area (Å²) in [4.78, 5) is 18.0. The van der Waals surface area contributed by atoms with Crippen LogP contribution in [0.5, 0.6) is 0 Å². The highest BCUT2D eigenvalue weighted by molar-refractivity contribution is 7.80. The standard InChI is InChI=1S/C15H20N2OS/c1-11-4-5-13(19)9-14(11)15(18)17-8-7-16-6-2-3-12(16)10-17/h4-5,9,12,19H,2-3,6-8,10H2,1H3. The van der Waals surface area contributed by atoms with Crippen LogP contribution in [-0.2, 0) is 0 Å². The topological polar surface area (TPSA) is 23.6 Å². The molecule has 1 aromatic rings. The minimum Gasteiger partial charge on any atom is -0.336 e. The third-order valence-corrected chi connectivity index (χ3v) is 4.60. The molecule has 4 heteroatoms. The number of carbonyl (C=O) groups is 1. The number of nitrogens with zero attached hydrogens (tertiary/aromatic N) is 2. The number of thiol groups is 1. The van der Waals surface area contributed by atoms with E-state index in [2.05, 4.69) is 17.5 Å². The zero-order valence-corrected chi connectivity index (χ0v) is 12.2. The van der Waals surface area contributed by atoms with E-state index in [0.29, 0.717) is 6.04 Å². The average Bonchev–Trinajstić information content (AvgIpc) is 2.88. The Morgan fingerprint density at radius 2 is 2.16 bits per heavy atom. The van der Waals surface area contributed by atoms with Crippen molar-refractivity contribution in [1.82, 2.24) is 9.80 Å². The average molecular weight is 276 g/mol. The summed E-state index contributed by atoms with van der Waals surface area (Å²) in [5.41, 5.74) is 1.84. The number of fused-ring (bicyclic) bond motifs is 1. The van der Waals surface area contributed by atoms with Gasteiger partial charge in [0.2, 0.25) is 0 Å². The Labute approximate surface area is 120 Å². The highest BCUT2D eigenvalue weighted by Crippen LogP contribution is 2.23. The summed E-state index contributed by atoms with van der Waals surface area (Å²) >= 11 is 4.34. The fourth-order valence-corrected chi connectivity index (χ4v) is 3.39. The van der Waals surface area contributed by atoms with Gasteiger partial charge in [0.1, 0.15) is 0 Å². The maximum atomic E-state index is 12.6. The monoisotopic (exact) mass is 276 g/mol. The number of rotatable bonds is 1. The minimum absolute atomic E-state index is 0.167. The van der Waals surface area contributed by atoms with Crippen LogP contribution in [0.3, 0.4) is 0 Å². The van der Waals surface area contributed by atoms with E-state index in [0.717, 1.165) is 35.7 Å². The van der Waals surface area contributed by atoms with Gasteiger partial charge in [-0.2, -0.15) is 0 Å². The van der Waals surface area contributed by atoms with E-state index in [9.17, 15) is 4.79 Å². The van der Waals surface area contributed by atoms with E-state index in [-0.39, 0.29) is 5.91 Å². The molecule has 3 rings (SSSR count). The van der Waals surface area contributed by atoms with Crippen LogP contribution in [0.2, 0.25) is 0 Å². The molecule has 102 valence electrons. The summed E-state index contributed by atoms with van der Waals surface area (Å²) < 4.78 is 0. The summed E-state index contributed by atoms with van der Waals surface area (Å²) in [6.07, 6.45) is 2.51. The third kappa shape index (κ3) is 2.51. The Kier molecular flexibility index (Phi) is 3.54. The van der Waals surface area contributed by atoms with Gasteiger partial charge >= 0.3 is 0 Å². The summed E-state index contributed by atoms with van der Waals surface area (Å²) in [6.45, 7) is 5.96. The van der Waals surface area contributed by atoms with Crippen molar-refractivity contribution in [2.75, 3.05) is 26.2 Å². The maximum Gasteiger partial charge on any atom is 0.254 e. The number of amides is 1. The second kappa shape index (κ2) is 5.17. The predicted octanol–water partition coefficient (Wildman–Crippen LogP) is 2.20. The van der Waals surface area contributed by atoms with Gasteiger partial charge in [0.15, 0.2) is 0 Å². The molecule has 1 atom stereocenters. The zero-order valence-electron chi connectivity index (χ0n) is 11.3. The first-order valence-corrected chi connectivity index (χ1v) is 7.43. The van der Waals surface area contributed by atoms with Gasteiger partial charge in [-0.15, -0.1) is 12.6 Å². The molecule has 2 saturated heterocycles. The first-order chi connectivity index (χ1) is 9.15. The van der Waals surface area contributed by atoms with Crippen molar-refractivity contribution in [1.29, 1.82) is 0 Å². The highest BCUT2D eigenvalue weighted by atomic mass is 32.1. The highest BCUT2D eigenvalue weighted by Gasteiger charge is 2.32. The van der Waals surface area contributed by atoms with E-state index in [1.165, 1.54) is 19.4 Å². The first kappa shape index (κ1) is 13.0. The van der Waals surface area contributed by atoms with Crippen molar-refractivity contribution in [3.05, 3.63) is 29.3 Å². The molecule has 19 heavy (non-hydrogen) atoms. The molecular formula is C15H20N2OS. The van der Waals surface area contributed by atoms with Crippen LogP contribution >= 0.6 is 12.6 Å². The number of hydrogen-bond acceptors (Lipinski definition) is 3. The van der Waals surface area contributed by atoms with Gasteiger partial charge in [-0.1, -0.05) is 6.07 Å². The van der Waals surface area contributed by atoms with Gasteiger partial charge in [0, 0.05) is 36.1 Å². The Bertz CT molecular complexity index is 503. The van der Waals surface area contributed by atoms with Gasteiger partial charge in [0.05, 0.1) is 0 Å². The summed E-state index contributed by atoms with van der Waals surface area (Å²) in [7, 11) is 0. The van der Waals surface area contributed by atoms with E-state index < -0.39 is 0 Å². The van der Waals surface area contributed by atoms with Gasteiger partial charge in [0.25, 0.3) is 5.91 Å². The van der Waals surface area contributed by atoms with E-state index in [1.807, 2.05) is 30.0 Å². The third-order valence-electron chi connectivity index (χ3n) is 4.33. The molecule has 1 amide bonds. The fourth-order valence-electron chi connectivity index (χ4n) is 3.19. The molecule has 1 aromatic carbocycles. The smallest absolute Gasteiger partial charge is 0.254 e. The van der Waals surface area contributed by atoms with Crippen molar-refractivity contribution in [2.45, 2.75) is 30.7 Å². The molecule has 0 aromatic heterocycles. The van der Waals surface area contributed by atoms with Crippen LogP contribution in [-0.4, -0.2) is 47.9 Å². The Morgan fingerprint density at radius 3 is 3.00 bits per heavy atom. The molecule has 0 radical (unpaired) electrons. The van der Waals surface area contributed by atoms with Crippen molar-refractivity contribution < 1.29 is 4.79 Å². The molecule has 0 N–H and O–H groups in total. The molecule has 0 spiro atoms. The molecule has 2 fully saturated rings. The Hall–Kier alpha value is -1.00. The lowest BCUT2D eigenvalue weighted by atomic mass is 10.1. The van der Waals surface area contributed by atoms with Gasteiger partial charge in [-0.05, 0) is 44.0 Å². The normalized spacial score (nSPS) is 23.5. The molecular weight excluding hydrogens is 256 g/mol. The van der Waals surface area contributed by atoms with Crippen molar-refractivity contribution in [2.24, 2.45) is 0 Å². The quantitative estimate of drug-likeness (QED) is 0.795. The van der Waals surface area contributed by atoms with Crippen LogP contribution in [0.1, 0.15) is 28.8 Å². The summed E-state index contributed by atoms with van der Waals surface area (Å²) in [5.74, 6) is 0.167. The van der Waals surface area contributed by atoms with Crippen LogP contribution in [0, 0.1) is 6.92 Å². The van der Waals surface area contributed by atoms with Gasteiger partial charge in [-0.25, -0.2) is 0 Å². The lowest BCUT2D eigenvalue weighted by Gasteiger charge is -2.37. The molecule has 2 aliphatic rings. The summed E-state index contributed by atoms with van der Waals surface area (Å²) in [6, 6.07) is 6.38. The van der Waals surface area contributed by atoms with E-state index >= 15 is 0 Å². The zero-order chi connectivity index (χ0) is 13.4. The molecule has 0 saturated carbocycles. The lowest BCUT2D eigenvalue weighted by molar-refractivity contribution is 0.0570. The fraction of sp³-hybridized carbons (Fsp3) is 0.533. The van der Waals surface area contributed by atoms with Gasteiger partial charge in [-0.3, -0.25) is 9.69 Å². The molecule has 1 unspecified atom stereocenters. The van der Waals surface area contributed by atoms with Crippen LogP contribution < -0.4 is 0 Å². The lowest BCUT2D eigenvalue weighted by Crippen LogP contribution is -2.52. The second-order valence-electron chi connectivity index (χ2n) is 5.58.